The predicted molar refractivity (Wildman–Crippen MR) is 218 cm³/mol. The van der Waals surface area contributed by atoms with Crippen LogP contribution in [0.15, 0.2) is 71.8 Å². The summed E-state index contributed by atoms with van der Waals surface area (Å²) in [5, 5.41) is 8.52. The molecule has 55 heavy (non-hydrogen) atoms. The van der Waals surface area contributed by atoms with Crippen LogP contribution in [0.2, 0.25) is 5.02 Å². The summed E-state index contributed by atoms with van der Waals surface area (Å²) in [4.78, 5) is 37.9. The Morgan fingerprint density at radius 2 is 1.69 bits per heavy atom. The number of aryl methyl sites for hydroxylation is 1. The second kappa shape index (κ2) is 17.0. The van der Waals surface area contributed by atoms with Gasteiger partial charge < -0.3 is 20.3 Å². The number of rotatable bonds is 13. The zero-order chi connectivity index (χ0) is 39.4. The number of ether oxygens (including phenoxy) is 1. The first kappa shape index (κ1) is 40.0. The fraction of sp³-hybridized carbons (Fsp3) is 0.415. The van der Waals surface area contributed by atoms with E-state index in [9.17, 15) is 18.0 Å². The van der Waals surface area contributed by atoms with Gasteiger partial charge >= 0.3 is 0 Å². The number of nitrogens with zero attached hydrogens (tertiary/aromatic N) is 4. The van der Waals surface area contributed by atoms with E-state index in [1.165, 1.54) is 11.8 Å². The van der Waals surface area contributed by atoms with Crippen molar-refractivity contribution in [2.45, 2.75) is 95.1 Å². The molecule has 4 aromatic rings. The summed E-state index contributed by atoms with van der Waals surface area (Å²) in [6.45, 7) is 11.9. The highest BCUT2D eigenvalue weighted by molar-refractivity contribution is 7.92. The predicted octanol–water partition coefficient (Wildman–Crippen LogP) is 7.52. The van der Waals surface area contributed by atoms with Crippen LogP contribution in [0.3, 0.4) is 0 Å². The van der Waals surface area contributed by atoms with Gasteiger partial charge in [0.1, 0.15) is 10.8 Å². The number of nitrogens with one attached hydrogen (secondary N) is 3. The molecule has 0 spiro atoms. The number of aromatic nitrogens is 2. The lowest BCUT2D eigenvalue weighted by Crippen LogP contribution is -2.43. The number of para-hydroxylation sites is 1. The number of hydrogen-bond acceptors (Lipinski definition) is 11. The van der Waals surface area contributed by atoms with E-state index in [-0.39, 0.29) is 45.5 Å². The summed E-state index contributed by atoms with van der Waals surface area (Å²) in [6.07, 6.45) is 4.31. The van der Waals surface area contributed by atoms with Gasteiger partial charge in [-0.2, -0.15) is 4.98 Å². The van der Waals surface area contributed by atoms with E-state index in [1.54, 1.807) is 38.1 Å². The van der Waals surface area contributed by atoms with Crippen molar-refractivity contribution < 1.29 is 22.7 Å². The van der Waals surface area contributed by atoms with Crippen LogP contribution in [0, 0.1) is 6.92 Å². The summed E-state index contributed by atoms with van der Waals surface area (Å²) in [5.41, 5.74) is 5.39. The Morgan fingerprint density at radius 3 is 2.36 bits per heavy atom. The van der Waals surface area contributed by atoms with Crippen LogP contribution in [0.1, 0.15) is 76.0 Å². The summed E-state index contributed by atoms with van der Waals surface area (Å²) >= 11 is 6.50. The van der Waals surface area contributed by atoms with Gasteiger partial charge in [-0.25, -0.2) is 13.4 Å². The van der Waals surface area contributed by atoms with E-state index in [4.69, 9.17) is 16.3 Å². The maximum Gasteiger partial charge on any atom is 0.234 e. The highest BCUT2D eigenvalue weighted by Crippen LogP contribution is 2.38. The molecule has 2 aliphatic rings. The van der Waals surface area contributed by atoms with E-state index in [1.807, 2.05) is 32.0 Å². The molecule has 2 aliphatic heterocycles. The van der Waals surface area contributed by atoms with Crippen molar-refractivity contribution in [3.8, 4) is 5.75 Å². The highest BCUT2D eigenvalue weighted by atomic mass is 35.5. The maximum absolute atomic E-state index is 13.1. The molecule has 14 heteroatoms. The zero-order valence-electron chi connectivity index (χ0n) is 32.2. The SMILES string of the molecule is Cc1cc(Nc2ncc(Cl)c(Nc3ccccc3S(=O)(=O)C(C)C)n2)c(OC(C)C)cc1N1CCC(N(C)Cc2ccc(C3CCC(=O)NC3=O)cc2)CC1. The fourth-order valence-electron chi connectivity index (χ4n) is 7.13. The molecule has 0 aliphatic carbocycles. The van der Waals surface area contributed by atoms with Crippen LogP contribution in [-0.4, -0.2) is 72.6 Å². The third-order valence-corrected chi connectivity index (χ3v) is 12.7. The molecule has 2 saturated heterocycles. The van der Waals surface area contributed by atoms with Crippen molar-refractivity contribution in [2.24, 2.45) is 0 Å². The number of imide groups is 1. The van der Waals surface area contributed by atoms with Crippen molar-refractivity contribution in [3.05, 3.63) is 88.6 Å². The minimum absolute atomic E-state index is 0.0867. The van der Waals surface area contributed by atoms with Crippen molar-refractivity contribution >= 4 is 62.1 Å². The number of hydrogen-bond donors (Lipinski definition) is 3. The van der Waals surface area contributed by atoms with Gasteiger partial charge in [0.05, 0.1) is 39.7 Å². The summed E-state index contributed by atoms with van der Waals surface area (Å²) < 4.78 is 32.4. The zero-order valence-corrected chi connectivity index (χ0v) is 33.8. The van der Waals surface area contributed by atoms with Gasteiger partial charge in [-0.15, -0.1) is 0 Å². The average Bonchev–Trinajstić information content (AvgIpc) is 3.14. The van der Waals surface area contributed by atoms with Crippen LogP contribution in [0.25, 0.3) is 0 Å². The topological polar surface area (TPSA) is 146 Å². The quantitative estimate of drug-likeness (QED) is 0.116. The molecule has 1 aromatic heterocycles. The molecule has 1 unspecified atom stereocenters. The lowest BCUT2D eigenvalue weighted by Gasteiger charge is -2.38. The summed E-state index contributed by atoms with van der Waals surface area (Å²) in [6, 6.07) is 19.4. The molecule has 0 bridgehead atoms. The van der Waals surface area contributed by atoms with Gasteiger partial charge in [0.25, 0.3) is 0 Å². The largest absolute Gasteiger partial charge is 0.489 e. The third-order valence-electron chi connectivity index (χ3n) is 10.2. The molecule has 6 rings (SSSR count). The molecule has 12 nitrogen and oxygen atoms in total. The number of sulfone groups is 1. The molecule has 0 radical (unpaired) electrons. The van der Waals surface area contributed by atoms with Crippen LogP contribution < -0.4 is 25.6 Å². The first-order valence-electron chi connectivity index (χ1n) is 18.8. The Hall–Kier alpha value is -4.72. The van der Waals surface area contributed by atoms with E-state index in [0.717, 1.165) is 49.3 Å². The second-order valence-corrected chi connectivity index (χ2v) is 17.8. The Balaban J connectivity index is 1.12. The standard InChI is InChI=1S/C41H50ClN7O5S/c1-25(2)54-36-22-35(49-19-17-30(18-20-49)48(6)24-28-11-13-29(14-12-28)31-15-16-38(50)46-40(31)51)27(5)21-34(36)45-41-43-23-32(42)39(47-41)44-33-9-7-8-10-37(33)55(52,53)26(3)4/h7-14,21-23,25-26,30-31H,15-20,24H2,1-6H3,(H,46,50,51)(H2,43,44,45,47). The minimum atomic E-state index is -3.57. The molecule has 1 atom stereocenters. The molecule has 0 saturated carbocycles. The van der Waals surface area contributed by atoms with Crippen LogP contribution in [0.5, 0.6) is 5.75 Å². The number of carbonyl (C=O) groups excluding carboxylic acids is 2. The molecule has 2 amide bonds. The minimum Gasteiger partial charge on any atom is -0.489 e. The molecule has 3 N–H and O–H groups in total. The molecule has 3 aromatic carbocycles. The summed E-state index contributed by atoms with van der Waals surface area (Å²) in [5.74, 6) is 0.514. The van der Waals surface area contributed by atoms with Gasteiger partial charge in [0, 0.05) is 43.9 Å². The molecular formula is C41H50ClN7O5S. The van der Waals surface area contributed by atoms with Crippen LogP contribution in [-0.2, 0) is 26.0 Å². The van der Waals surface area contributed by atoms with Gasteiger partial charge in [-0.05, 0) is 95.8 Å². The second-order valence-electron chi connectivity index (χ2n) is 14.9. The van der Waals surface area contributed by atoms with E-state index >= 15 is 0 Å². The van der Waals surface area contributed by atoms with E-state index in [0.29, 0.717) is 36.0 Å². The Kier molecular flexibility index (Phi) is 12.3. The van der Waals surface area contributed by atoms with Crippen molar-refractivity contribution in [3.63, 3.8) is 0 Å². The first-order valence-corrected chi connectivity index (χ1v) is 20.7. The fourth-order valence-corrected chi connectivity index (χ4v) is 8.47. The van der Waals surface area contributed by atoms with Crippen LogP contribution >= 0.6 is 11.6 Å². The third kappa shape index (κ3) is 9.40. The van der Waals surface area contributed by atoms with Crippen molar-refractivity contribution in [2.75, 3.05) is 35.7 Å². The Morgan fingerprint density at radius 1 is 0.982 bits per heavy atom. The molecule has 3 heterocycles. The Bertz CT molecular complexity index is 2140. The highest BCUT2D eigenvalue weighted by Gasteiger charge is 2.29. The lowest BCUT2D eigenvalue weighted by molar-refractivity contribution is -0.134. The maximum atomic E-state index is 13.1. The van der Waals surface area contributed by atoms with Crippen molar-refractivity contribution in [1.29, 1.82) is 0 Å². The smallest absolute Gasteiger partial charge is 0.234 e. The molecule has 2 fully saturated rings. The number of carbonyl (C=O) groups is 2. The van der Waals surface area contributed by atoms with Crippen molar-refractivity contribution in [1.82, 2.24) is 20.2 Å². The number of anilines is 5. The van der Waals surface area contributed by atoms with Gasteiger partial charge in [-0.1, -0.05) is 48.0 Å². The first-order chi connectivity index (χ1) is 26.2. The van der Waals surface area contributed by atoms with Gasteiger partial charge in [0.2, 0.25) is 17.8 Å². The van der Waals surface area contributed by atoms with E-state index in [2.05, 4.69) is 67.9 Å². The number of halogens is 1. The normalized spacial score (nSPS) is 16.8. The average molecular weight is 788 g/mol. The van der Waals surface area contributed by atoms with Crippen LogP contribution in [0.4, 0.5) is 28.8 Å². The summed E-state index contributed by atoms with van der Waals surface area (Å²) in [7, 11) is -1.40. The number of amides is 2. The molecular weight excluding hydrogens is 738 g/mol. The van der Waals surface area contributed by atoms with E-state index < -0.39 is 15.1 Å². The van der Waals surface area contributed by atoms with Gasteiger partial charge in [0.15, 0.2) is 15.7 Å². The monoisotopic (exact) mass is 787 g/mol. The van der Waals surface area contributed by atoms with Gasteiger partial charge in [-0.3, -0.25) is 19.8 Å². The number of piperidine rings is 2. The molecule has 292 valence electrons. The number of benzene rings is 3. The lowest BCUT2D eigenvalue weighted by atomic mass is 9.90. The Labute approximate surface area is 328 Å².